The normalized spacial score (nSPS) is 13.4. The van der Waals surface area contributed by atoms with Gasteiger partial charge in [0.25, 0.3) is 0 Å². The lowest BCUT2D eigenvalue weighted by molar-refractivity contribution is 0.195. The van der Waals surface area contributed by atoms with Crippen molar-refractivity contribution in [1.29, 1.82) is 0 Å². The summed E-state index contributed by atoms with van der Waals surface area (Å²) < 4.78 is 1.19. The number of nitrogens with zero attached hydrogens (tertiary/aromatic N) is 1. The highest BCUT2D eigenvalue weighted by Crippen LogP contribution is 2.22. The van der Waals surface area contributed by atoms with Crippen molar-refractivity contribution in [2.45, 2.75) is 19.4 Å². The molecule has 0 saturated carbocycles. The quantitative estimate of drug-likeness (QED) is 0.793. The zero-order valence-corrected chi connectivity index (χ0v) is 8.21. The van der Waals surface area contributed by atoms with Gasteiger partial charge in [0.2, 0.25) is 0 Å². The first-order valence-corrected chi connectivity index (χ1v) is 5.10. The van der Waals surface area contributed by atoms with Crippen molar-refractivity contribution in [1.82, 2.24) is 4.98 Å². The minimum absolute atomic E-state index is 0.305. The first-order chi connectivity index (χ1) is 6.25. The number of benzene rings is 1. The van der Waals surface area contributed by atoms with Crippen molar-refractivity contribution in [2.75, 3.05) is 0 Å². The van der Waals surface area contributed by atoms with Crippen LogP contribution in [-0.4, -0.2) is 16.2 Å². The van der Waals surface area contributed by atoms with Gasteiger partial charge in [-0.2, -0.15) is 0 Å². The maximum atomic E-state index is 9.20. The topological polar surface area (TPSA) is 33.1 Å². The number of hydrogen-bond acceptors (Lipinski definition) is 3. The maximum absolute atomic E-state index is 9.20. The Morgan fingerprint density at radius 1 is 1.46 bits per heavy atom. The summed E-state index contributed by atoms with van der Waals surface area (Å²) >= 11 is 1.65. The number of hydrogen-bond donors (Lipinski definition) is 1. The molecule has 13 heavy (non-hydrogen) atoms. The lowest BCUT2D eigenvalue weighted by Crippen LogP contribution is -2.03. The number of fused-ring (bicyclic) bond motifs is 1. The number of thiazole rings is 1. The monoisotopic (exact) mass is 193 g/mol. The van der Waals surface area contributed by atoms with Gasteiger partial charge in [0, 0.05) is 6.42 Å². The molecule has 0 saturated heterocycles. The minimum Gasteiger partial charge on any atom is -0.393 e. The van der Waals surface area contributed by atoms with E-state index in [1.807, 2.05) is 18.2 Å². The molecule has 1 atom stereocenters. The summed E-state index contributed by atoms with van der Waals surface area (Å²) in [4.78, 5) is 4.41. The van der Waals surface area contributed by atoms with E-state index in [2.05, 4.69) is 11.1 Å². The molecule has 1 aromatic heterocycles. The number of aliphatic hydroxyl groups excluding tert-OH is 1. The van der Waals surface area contributed by atoms with Crippen LogP contribution < -0.4 is 0 Å². The smallest absolute Gasteiger partial charge is 0.0964 e. The molecule has 0 spiro atoms. The van der Waals surface area contributed by atoms with Gasteiger partial charge < -0.3 is 5.11 Å². The van der Waals surface area contributed by atoms with Crippen LogP contribution in [0.25, 0.3) is 10.2 Å². The number of para-hydroxylation sites is 1. The van der Waals surface area contributed by atoms with Crippen LogP contribution in [0.2, 0.25) is 0 Å². The highest BCUT2D eigenvalue weighted by molar-refractivity contribution is 7.18. The fourth-order valence-corrected chi connectivity index (χ4v) is 2.35. The molecular weight excluding hydrogens is 182 g/mol. The summed E-state index contributed by atoms with van der Waals surface area (Å²) in [6.07, 6.45) is 0.347. The van der Waals surface area contributed by atoms with Crippen LogP contribution in [0.15, 0.2) is 24.3 Å². The molecular formula is C10H11NOS. The van der Waals surface area contributed by atoms with E-state index in [-0.39, 0.29) is 6.10 Å². The lowest BCUT2D eigenvalue weighted by Gasteiger charge is -1.97. The summed E-state index contributed by atoms with van der Waals surface area (Å²) in [5.41, 5.74) is 1.03. The van der Waals surface area contributed by atoms with E-state index in [0.717, 1.165) is 10.5 Å². The SMILES string of the molecule is C[C@H](O)Cc1nc2ccccc2s1. The molecule has 1 aromatic carbocycles. The summed E-state index contributed by atoms with van der Waals surface area (Å²) in [6.45, 7) is 1.78. The number of rotatable bonds is 2. The third-order valence-corrected chi connectivity index (χ3v) is 2.87. The van der Waals surface area contributed by atoms with Crippen molar-refractivity contribution < 1.29 is 5.11 Å². The molecule has 0 radical (unpaired) electrons. The number of aliphatic hydroxyl groups is 1. The van der Waals surface area contributed by atoms with Crippen LogP contribution in [0.5, 0.6) is 0 Å². The zero-order chi connectivity index (χ0) is 9.26. The average Bonchev–Trinajstić information content (AvgIpc) is 2.44. The highest BCUT2D eigenvalue weighted by Gasteiger charge is 2.05. The van der Waals surface area contributed by atoms with E-state index in [1.165, 1.54) is 4.70 Å². The second-order valence-corrected chi connectivity index (χ2v) is 4.24. The van der Waals surface area contributed by atoms with Crippen molar-refractivity contribution >= 4 is 21.6 Å². The molecule has 0 aliphatic carbocycles. The molecule has 3 heteroatoms. The second-order valence-electron chi connectivity index (χ2n) is 3.13. The molecule has 0 bridgehead atoms. The maximum Gasteiger partial charge on any atom is 0.0964 e. The van der Waals surface area contributed by atoms with Crippen LogP contribution >= 0.6 is 11.3 Å². The average molecular weight is 193 g/mol. The second kappa shape index (κ2) is 3.44. The summed E-state index contributed by atoms with van der Waals surface area (Å²) in [6, 6.07) is 8.04. The third kappa shape index (κ3) is 1.87. The van der Waals surface area contributed by atoms with Gasteiger partial charge >= 0.3 is 0 Å². The Balaban J connectivity index is 2.38. The fourth-order valence-electron chi connectivity index (χ4n) is 1.26. The third-order valence-electron chi connectivity index (χ3n) is 1.81. The Labute approximate surface area is 80.9 Å². The van der Waals surface area contributed by atoms with E-state index in [9.17, 15) is 5.11 Å². The van der Waals surface area contributed by atoms with Gasteiger partial charge in [-0.05, 0) is 19.1 Å². The van der Waals surface area contributed by atoms with Gasteiger partial charge in [-0.1, -0.05) is 12.1 Å². The Morgan fingerprint density at radius 3 is 2.92 bits per heavy atom. The standard InChI is InChI=1S/C10H11NOS/c1-7(12)6-10-11-8-4-2-3-5-9(8)13-10/h2-5,7,12H,6H2,1H3/t7-/m0/s1. The summed E-state index contributed by atoms with van der Waals surface area (Å²) in [7, 11) is 0. The Morgan fingerprint density at radius 2 is 2.23 bits per heavy atom. The zero-order valence-electron chi connectivity index (χ0n) is 7.40. The van der Waals surface area contributed by atoms with Crippen molar-refractivity contribution in [3.63, 3.8) is 0 Å². The molecule has 0 unspecified atom stereocenters. The van der Waals surface area contributed by atoms with Gasteiger partial charge in [0.15, 0.2) is 0 Å². The molecule has 2 nitrogen and oxygen atoms in total. The largest absolute Gasteiger partial charge is 0.393 e. The fraction of sp³-hybridized carbons (Fsp3) is 0.300. The van der Waals surface area contributed by atoms with Gasteiger partial charge in [0.1, 0.15) is 0 Å². The van der Waals surface area contributed by atoms with E-state index in [4.69, 9.17) is 0 Å². The summed E-state index contributed by atoms with van der Waals surface area (Å²) in [5, 5.41) is 10.2. The highest BCUT2D eigenvalue weighted by atomic mass is 32.1. The predicted molar refractivity (Wildman–Crippen MR) is 55.0 cm³/mol. The van der Waals surface area contributed by atoms with Gasteiger partial charge in [-0.3, -0.25) is 0 Å². The van der Waals surface area contributed by atoms with Crippen LogP contribution in [0, 0.1) is 0 Å². The molecule has 2 rings (SSSR count). The van der Waals surface area contributed by atoms with E-state index in [1.54, 1.807) is 18.3 Å². The van der Waals surface area contributed by atoms with Crippen molar-refractivity contribution in [3.8, 4) is 0 Å². The molecule has 0 amide bonds. The van der Waals surface area contributed by atoms with Crippen molar-refractivity contribution in [2.24, 2.45) is 0 Å². The van der Waals surface area contributed by atoms with Gasteiger partial charge in [-0.25, -0.2) is 4.98 Å². The lowest BCUT2D eigenvalue weighted by atomic mass is 10.3. The van der Waals surface area contributed by atoms with Gasteiger partial charge in [-0.15, -0.1) is 11.3 Å². The van der Waals surface area contributed by atoms with Crippen LogP contribution in [0.4, 0.5) is 0 Å². The molecule has 0 fully saturated rings. The summed E-state index contributed by atoms with van der Waals surface area (Å²) in [5.74, 6) is 0. The molecule has 2 aromatic rings. The Bertz CT molecular complexity index is 375. The molecule has 1 N–H and O–H groups in total. The van der Waals surface area contributed by atoms with Gasteiger partial charge in [0.05, 0.1) is 21.3 Å². The predicted octanol–water partition coefficient (Wildman–Crippen LogP) is 2.22. The van der Waals surface area contributed by atoms with Crippen LogP contribution in [-0.2, 0) is 6.42 Å². The number of aromatic nitrogens is 1. The Hall–Kier alpha value is -0.930. The molecule has 1 heterocycles. The first kappa shape index (κ1) is 8.66. The van der Waals surface area contributed by atoms with Crippen molar-refractivity contribution in [3.05, 3.63) is 29.3 Å². The van der Waals surface area contributed by atoms with E-state index < -0.39 is 0 Å². The van der Waals surface area contributed by atoms with E-state index in [0.29, 0.717) is 6.42 Å². The molecule has 0 aliphatic rings. The molecule has 0 aliphatic heterocycles. The first-order valence-electron chi connectivity index (χ1n) is 4.28. The molecule has 68 valence electrons. The van der Waals surface area contributed by atoms with E-state index >= 15 is 0 Å². The van der Waals surface area contributed by atoms with Crippen LogP contribution in [0.3, 0.4) is 0 Å². The van der Waals surface area contributed by atoms with Crippen LogP contribution in [0.1, 0.15) is 11.9 Å². The Kier molecular flexibility index (Phi) is 2.29. The minimum atomic E-state index is -0.305.